The second-order valence-corrected chi connectivity index (χ2v) is 10.00. The second-order valence-electron chi connectivity index (χ2n) is 9.59. The van der Waals surface area contributed by atoms with Crippen LogP contribution in [0.3, 0.4) is 0 Å². The van der Waals surface area contributed by atoms with Crippen molar-refractivity contribution in [3.8, 4) is 0 Å². The molecular formula is C25H42N2O11SY. The predicted molar refractivity (Wildman–Crippen MR) is 141 cm³/mol. The van der Waals surface area contributed by atoms with Gasteiger partial charge < -0.3 is 48.9 Å². The van der Waals surface area contributed by atoms with Gasteiger partial charge in [-0.05, 0) is 31.5 Å². The fraction of sp³-hybridized carbons (Fsp3) is 0.840. The summed E-state index contributed by atoms with van der Waals surface area (Å²) < 4.78 is 38.1. The molecule has 8 unspecified atom stereocenters. The maximum Gasteiger partial charge on any atom is 0.303 e. The van der Waals surface area contributed by atoms with E-state index in [2.05, 4.69) is 10.6 Å². The minimum Gasteiger partial charge on any atom is -0.463 e. The number of carbonyl (C=O) groups is 3. The third kappa shape index (κ3) is 12.5. The number of unbranched alkanes of at least 4 members (excludes halogenated alkanes) is 1. The predicted octanol–water partition coefficient (Wildman–Crippen LogP) is 0.197. The van der Waals surface area contributed by atoms with Crippen molar-refractivity contribution in [2.24, 2.45) is 5.92 Å². The summed E-state index contributed by atoms with van der Waals surface area (Å²) in [6.45, 7) is 4.93. The minimum atomic E-state index is -0.938. The first kappa shape index (κ1) is 37.0. The number of thiocarbonyl (C=S) groups is 1. The Morgan fingerprint density at radius 1 is 0.975 bits per heavy atom. The van der Waals surface area contributed by atoms with Gasteiger partial charge >= 0.3 is 17.9 Å². The Kier molecular flexibility index (Phi) is 17.8. The van der Waals surface area contributed by atoms with Crippen molar-refractivity contribution in [2.75, 3.05) is 40.6 Å². The summed E-state index contributed by atoms with van der Waals surface area (Å²) in [6, 6.07) is -0.127. The summed E-state index contributed by atoms with van der Waals surface area (Å²) in [5.74, 6) is -1.68. The topological polar surface area (TPSA) is 160 Å². The number of methoxy groups -OCH3 is 2. The summed E-state index contributed by atoms with van der Waals surface area (Å²) in [6.07, 6.45) is -2.14. The van der Waals surface area contributed by atoms with E-state index < -0.39 is 48.6 Å². The molecule has 1 aliphatic heterocycles. The molecule has 1 heterocycles. The monoisotopic (exact) mass is 667 g/mol. The molecule has 1 aliphatic carbocycles. The third-order valence-corrected chi connectivity index (χ3v) is 6.72. The van der Waals surface area contributed by atoms with E-state index in [9.17, 15) is 19.5 Å². The molecule has 1 radical (unpaired) electrons. The molecule has 227 valence electrons. The molecule has 0 bridgehead atoms. The summed E-state index contributed by atoms with van der Waals surface area (Å²) in [4.78, 5) is 34.6. The van der Waals surface area contributed by atoms with Crippen LogP contribution in [0.1, 0.15) is 46.5 Å². The molecule has 2 rings (SSSR count). The molecule has 15 heteroatoms. The van der Waals surface area contributed by atoms with Crippen LogP contribution in [0.4, 0.5) is 0 Å². The molecule has 0 aromatic rings. The van der Waals surface area contributed by atoms with Crippen LogP contribution >= 0.6 is 12.2 Å². The maximum absolute atomic E-state index is 11.6. The van der Waals surface area contributed by atoms with E-state index >= 15 is 0 Å². The average molecular weight is 668 g/mol. The number of ether oxygens (including phenoxy) is 7. The number of carbonyl (C=O) groups excluding carboxylic acids is 3. The van der Waals surface area contributed by atoms with Crippen LogP contribution in [0.15, 0.2) is 0 Å². The van der Waals surface area contributed by atoms with Gasteiger partial charge in [-0.15, -0.1) is 0 Å². The molecule has 1 saturated carbocycles. The number of hydrogen-bond donors (Lipinski definition) is 3. The number of hydrogen-bond acceptors (Lipinski definition) is 12. The van der Waals surface area contributed by atoms with Crippen molar-refractivity contribution < 1.29 is 85.4 Å². The van der Waals surface area contributed by atoms with Gasteiger partial charge in [-0.2, -0.15) is 0 Å². The fourth-order valence-corrected chi connectivity index (χ4v) is 5.05. The van der Waals surface area contributed by atoms with Crippen LogP contribution in [0, 0.1) is 5.92 Å². The summed E-state index contributed by atoms with van der Waals surface area (Å²) in [7, 11) is 3.17. The Balaban J connectivity index is 0.00000800. The molecular weight excluding hydrogens is 625 g/mol. The maximum atomic E-state index is 11.6. The second kappa shape index (κ2) is 19.2. The molecule has 13 nitrogen and oxygen atoms in total. The smallest absolute Gasteiger partial charge is 0.303 e. The normalized spacial score (nSPS) is 29.6. The molecule has 0 aromatic carbocycles. The Morgan fingerprint density at radius 2 is 1.68 bits per heavy atom. The molecule has 3 N–H and O–H groups in total. The third-order valence-electron chi connectivity index (χ3n) is 6.46. The van der Waals surface area contributed by atoms with Gasteiger partial charge in [-0.25, -0.2) is 0 Å². The van der Waals surface area contributed by atoms with Gasteiger partial charge in [0.25, 0.3) is 0 Å². The summed E-state index contributed by atoms with van der Waals surface area (Å²) in [5, 5.41) is 17.3. The van der Waals surface area contributed by atoms with Crippen molar-refractivity contribution in [1.29, 1.82) is 0 Å². The van der Waals surface area contributed by atoms with Crippen LogP contribution in [0.5, 0.6) is 0 Å². The van der Waals surface area contributed by atoms with E-state index in [0.717, 1.165) is 6.42 Å². The Labute approximate surface area is 265 Å². The molecule has 8 atom stereocenters. The van der Waals surface area contributed by atoms with Gasteiger partial charge in [0.15, 0.2) is 17.5 Å². The van der Waals surface area contributed by atoms with Crippen LogP contribution in [-0.4, -0.2) is 112 Å². The van der Waals surface area contributed by atoms with E-state index in [1.54, 1.807) is 14.2 Å². The Bertz CT molecular complexity index is 824. The number of nitrogens with one attached hydrogen (secondary N) is 2. The van der Waals surface area contributed by atoms with Gasteiger partial charge in [0.2, 0.25) is 0 Å². The van der Waals surface area contributed by atoms with Crippen LogP contribution in [-0.2, 0) is 80.3 Å². The number of rotatable bonds is 14. The number of esters is 3. The van der Waals surface area contributed by atoms with Crippen LogP contribution in [0.25, 0.3) is 0 Å². The SMILES string of the molecule is COCC1CC(NC(=S)NCCCCOC2CC(OC(C)=O)C(OC(C)=O)C(COC(C)=O)O2)C(OC)C1O.[Y]. The van der Waals surface area contributed by atoms with Crippen molar-refractivity contribution in [2.45, 2.75) is 89.3 Å². The zero-order valence-corrected chi connectivity index (χ0v) is 27.4. The summed E-state index contributed by atoms with van der Waals surface area (Å²) >= 11 is 5.40. The van der Waals surface area contributed by atoms with Crippen molar-refractivity contribution in [3.05, 3.63) is 0 Å². The first-order chi connectivity index (χ1) is 18.5. The number of aliphatic hydroxyl groups excluding tert-OH is 1. The molecule has 0 amide bonds. The molecule has 2 aliphatic rings. The molecule has 0 aromatic heterocycles. The van der Waals surface area contributed by atoms with Crippen molar-refractivity contribution >= 4 is 35.2 Å². The number of aliphatic hydroxyl groups is 1. The zero-order chi connectivity index (χ0) is 28.9. The molecule has 40 heavy (non-hydrogen) atoms. The van der Waals surface area contributed by atoms with E-state index in [0.29, 0.717) is 37.7 Å². The van der Waals surface area contributed by atoms with Gasteiger partial charge in [0.1, 0.15) is 24.9 Å². The fourth-order valence-electron chi connectivity index (χ4n) is 4.80. The standard InChI is InChI=1S/C25H42N2O11S.Y/c1-14(28)35-13-20-24(37-16(3)30)19(36-15(2)29)11-21(38-20)34-9-7-6-8-26-25(39)27-18-10-17(12-32-4)22(31)23(18)33-5;/h17-24,31H,6-13H2,1-5H3,(H2,26,27,39);. The average Bonchev–Trinajstić information content (AvgIpc) is 3.14. The molecule has 2 fully saturated rings. The minimum absolute atomic E-state index is 0. The van der Waals surface area contributed by atoms with E-state index in [1.807, 2.05) is 0 Å². The van der Waals surface area contributed by atoms with Gasteiger partial charge in [-0.3, -0.25) is 14.4 Å². The zero-order valence-electron chi connectivity index (χ0n) is 23.8. The van der Waals surface area contributed by atoms with Crippen molar-refractivity contribution in [1.82, 2.24) is 10.6 Å². The van der Waals surface area contributed by atoms with Crippen molar-refractivity contribution in [3.63, 3.8) is 0 Å². The van der Waals surface area contributed by atoms with Crippen LogP contribution in [0.2, 0.25) is 0 Å². The van der Waals surface area contributed by atoms with Gasteiger partial charge in [-0.1, -0.05) is 0 Å². The van der Waals surface area contributed by atoms with Gasteiger partial charge in [0, 0.05) is 93.2 Å². The molecule has 0 spiro atoms. The first-order valence-corrected chi connectivity index (χ1v) is 13.5. The quantitative estimate of drug-likeness (QED) is 0.0998. The van der Waals surface area contributed by atoms with E-state index in [-0.39, 0.29) is 63.8 Å². The van der Waals surface area contributed by atoms with E-state index in [4.69, 9.17) is 45.4 Å². The Morgan fingerprint density at radius 3 is 2.27 bits per heavy atom. The summed E-state index contributed by atoms with van der Waals surface area (Å²) in [5.41, 5.74) is 0. The largest absolute Gasteiger partial charge is 0.463 e. The first-order valence-electron chi connectivity index (χ1n) is 13.0. The molecule has 1 saturated heterocycles. The Hall–Kier alpha value is -0.996. The van der Waals surface area contributed by atoms with Gasteiger partial charge in [0.05, 0.1) is 18.8 Å². The van der Waals surface area contributed by atoms with Crippen LogP contribution < -0.4 is 10.6 Å². The van der Waals surface area contributed by atoms with E-state index in [1.165, 1.54) is 20.8 Å².